The minimum absolute atomic E-state index is 0.000755. The fourth-order valence-electron chi connectivity index (χ4n) is 2.48. The van der Waals surface area contributed by atoms with E-state index in [4.69, 9.17) is 20.0 Å². The molecule has 27 heavy (non-hydrogen) atoms. The minimum Gasteiger partial charge on any atom is -0.383 e. The molecule has 5 N–H and O–H groups in total. The van der Waals surface area contributed by atoms with Crippen LogP contribution < -0.4 is 5.73 Å². The van der Waals surface area contributed by atoms with E-state index in [1.165, 1.54) is 18.7 Å². The van der Waals surface area contributed by atoms with Crippen molar-refractivity contribution < 1.29 is 28.3 Å². The van der Waals surface area contributed by atoms with Gasteiger partial charge in [0.2, 0.25) is 0 Å². The van der Waals surface area contributed by atoms with Crippen LogP contribution in [-0.2, 0) is 20.2 Å². The Morgan fingerprint density at radius 1 is 1.41 bits per heavy atom. The summed E-state index contributed by atoms with van der Waals surface area (Å²) in [5.41, 5.74) is 7.60. The van der Waals surface area contributed by atoms with Crippen LogP contribution in [-0.4, -0.2) is 47.3 Å². The molecule has 2 atom stereocenters. The molecule has 0 radical (unpaired) electrons. The monoisotopic (exact) mass is 436 g/mol. The van der Waals surface area contributed by atoms with Crippen molar-refractivity contribution in [2.45, 2.75) is 39.1 Å². The third-order valence-electron chi connectivity index (χ3n) is 3.75. The van der Waals surface area contributed by atoms with Crippen LogP contribution >= 0.6 is 29.0 Å². The highest BCUT2D eigenvalue weighted by Gasteiger charge is 2.33. The molecule has 0 spiro atoms. The fraction of sp³-hybridized carbons (Fsp3) is 0.500. The van der Waals surface area contributed by atoms with Crippen molar-refractivity contribution in [2.75, 3.05) is 12.3 Å². The number of hydrogen-bond donors (Lipinski definition) is 4. The molecule has 0 saturated heterocycles. The molecule has 0 aliphatic carbocycles. The Morgan fingerprint density at radius 2 is 2.11 bits per heavy atom. The summed E-state index contributed by atoms with van der Waals surface area (Å²) < 4.78 is 9.43. The molecule has 2 rings (SSSR count). The second-order valence-electron chi connectivity index (χ2n) is 5.70. The summed E-state index contributed by atoms with van der Waals surface area (Å²) in [7, 11) is -5.03. The van der Waals surface area contributed by atoms with E-state index in [1.54, 1.807) is 13.1 Å². The van der Waals surface area contributed by atoms with Crippen molar-refractivity contribution in [3.8, 4) is 0 Å². The van der Waals surface area contributed by atoms with Crippen LogP contribution in [0.4, 0.5) is 5.82 Å². The summed E-state index contributed by atoms with van der Waals surface area (Å²) in [5, 5.41) is -0.393. The molecule has 1 aliphatic rings. The number of thioether (sulfide) groups is 1. The summed E-state index contributed by atoms with van der Waals surface area (Å²) in [4.78, 5) is 50.0. The van der Waals surface area contributed by atoms with Gasteiger partial charge in [-0.05, 0) is 20.8 Å². The number of nitrogen functional groups attached to an aromatic ring is 1. The number of ketones is 1. The molecule has 13 heteroatoms. The normalized spacial score (nSPS) is 18.5. The largest absolute Gasteiger partial charge is 0.383 e. The first-order valence-electron chi connectivity index (χ1n) is 7.88. The van der Waals surface area contributed by atoms with Gasteiger partial charge in [0.05, 0.1) is 6.61 Å². The van der Waals surface area contributed by atoms with E-state index in [0.29, 0.717) is 24.6 Å². The first-order valence-corrected chi connectivity index (χ1v) is 11.1. The number of Topliss-reactive ketones (excluding diaryl/α,β-unsaturated/α-hetero) is 1. The van der Waals surface area contributed by atoms with E-state index >= 15 is 0 Å². The van der Waals surface area contributed by atoms with Gasteiger partial charge >= 0.3 is 17.2 Å². The lowest BCUT2D eigenvalue weighted by Crippen LogP contribution is -2.32. The maximum atomic E-state index is 12.1. The first-order chi connectivity index (χ1) is 12.7. The van der Waals surface area contributed by atoms with Crippen LogP contribution in [0.5, 0.6) is 0 Å². The third-order valence-corrected chi connectivity index (χ3v) is 6.89. The topological polar surface area (TPSA) is 151 Å². The Kier molecular flexibility index (Phi) is 8.33. The zero-order valence-electron chi connectivity index (χ0n) is 15.1. The number of nitrogens with zero attached hydrogens (tertiary/aromatic N) is 3. The molecule has 0 fully saturated rings. The van der Waals surface area contributed by atoms with Crippen molar-refractivity contribution in [2.24, 2.45) is 0 Å². The van der Waals surface area contributed by atoms with Crippen LogP contribution in [0.3, 0.4) is 0 Å². The van der Waals surface area contributed by atoms with Crippen LogP contribution in [0.1, 0.15) is 31.7 Å². The number of aromatic nitrogens is 2. The van der Waals surface area contributed by atoms with Crippen LogP contribution in [0.2, 0.25) is 0 Å². The van der Waals surface area contributed by atoms with Gasteiger partial charge in [-0.3, -0.25) is 4.79 Å². The second kappa shape index (κ2) is 10.0. The summed E-state index contributed by atoms with van der Waals surface area (Å²) in [6, 6.07) is 0. The minimum atomic E-state index is -2.67. The number of rotatable bonds is 9. The number of hydrogen-bond acceptors (Lipinski definition) is 11. The highest BCUT2D eigenvalue weighted by molar-refractivity contribution is 8.04. The van der Waals surface area contributed by atoms with Gasteiger partial charge in [0.15, 0.2) is 5.78 Å². The molecule has 0 aromatic carbocycles. The smallest absolute Gasteiger partial charge is 0.337 e. The Balaban J connectivity index is 2.06. The predicted molar refractivity (Wildman–Crippen MR) is 104 cm³/mol. The van der Waals surface area contributed by atoms with Crippen LogP contribution in [0.25, 0.3) is 0 Å². The standard InChI is InChI=1S/C14H22N4O6P2S/c1-8-12(4-5-23-26(22)24-25(20)21)27-14(9(2)19)18(8)7-11-6-16-10(3)17-13(11)15/h6,14,20-22H,4-5,7H2,1-3H3,(H2,15,16,17). The molecule has 0 amide bonds. The maximum Gasteiger partial charge on any atom is 0.337 e. The summed E-state index contributed by atoms with van der Waals surface area (Å²) >= 11 is 1.41. The molecule has 1 aromatic heterocycles. The van der Waals surface area contributed by atoms with Gasteiger partial charge in [-0.1, -0.05) is 11.8 Å². The van der Waals surface area contributed by atoms with Crippen molar-refractivity contribution in [1.82, 2.24) is 14.9 Å². The van der Waals surface area contributed by atoms with Crippen molar-refractivity contribution in [3.05, 3.63) is 28.2 Å². The first kappa shape index (κ1) is 22.4. The van der Waals surface area contributed by atoms with E-state index in [1.807, 2.05) is 11.8 Å². The van der Waals surface area contributed by atoms with Gasteiger partial charge in [-0.25, -0.2) is 14.3 Å². The highest BCUT2D eigenvalue weighted by atomic mass is 32.2. The summed E-state index contributed by atoms with van der Waals surface area (Å²) in [5.74, 6) is 0.963. The molecule has 10 nitrogen and oxygen atoms in total. The zero-order chi connectivity index (χ0) is 20.1. The van der Waals surface area contributed by atoms with Gasteiger partial charge in [0.1, 0.15) is 17.0 Å². The van der Waals surface area contributed by atoms with E-state index < -0.39 is 22.6 Å². The van der Waals surface area contributed by atoms with Gasteiger partial charge in [0.25, 0.3) is 0 Å². The lowest BCUT2D eigenvalue weighted by Gasteiger charge is -2.26. The fourth-order valence-corrected chi connectivity index (χ4v) is 4.70. The Hall–Kier alpha value is -0.900. The van der Waals surface area contributed by atoms with Crippen molar-refractivity contribution in [3.63, 3.8) is 0 Å². The zero-order valence-corrected chi connectivity index (χ0v) is 17.7. The van der Waals surface area contributed by atoms with Gasteiger partial charge in [-0.15, -0.1) is 0 Å². The molecule has 0 saturated carbocycles. The molecule has 1 aromatic rings. The number of anilines is 1. The van der Waals surface area contributed by atoms with E-state index in [2.05, 4.69) is 14.3 Å². The molecular weight excluding hydrogens is 414 g/mol. The number of aryl methyl sites for hydroxylation is 1. The SMILES string of the molecule is CC(=O)C1SC(CCOP(O)OP(O)O)=C(C)N1Cc1cnc(C)nc1N. The Labute approximate surface area is 163 Å². The average molecular weight is 436 g/mol. The Bertz CT molecular complexity index is 723. The van der Waals surface area contributed by atoms with Gasteiger partial charge in [-0.2, -0.15) is 0 Å². The number of allylic oxidation sites excluding steroid dienone is 1. The summed E-state index contributed by atoms with van der Waals surface area (Å²) in [6.45, 7) is 5.69. The maximum absolute atomic E-state index is 12.1. The molecule has 2 heterocycles. The quantitative estimate of drug-likeness (QED) is 0.420. The van der Waals surface area contributed by atoms with E-state index in [-0.39, 0.29) is 12.4 Å². The molecule has 1 aliphatic heterocycles. The van der Waals surface area contributed by atoms with Crippen molar-refractivity contribution >= 4 is 40.6 Å². The number of nitrogens with two attached hydrogens (primary N) is 1. The van der Waals surface area contributed by atoms with Crippen LogP contribution in [0.15, 0.2) is 16.8 Å². The molecule has 0 bridgehead atoms. The Morgan fingerprint density at radius 3 is 2.70 bits per heavy atom. The summed E-state index contributed by atoms with van der Waals surface area (Å²) in [6.07, 6.45) is 2.10. The average Bonchev–Trinajstić information content (AvgIpc) is 2.86. The highest BCUT2D eigenvalue weighted by Crippen LogP contribution is 2.47. The van der Waals surface area contributed by atoms with Gasteiger partial charge < -0.3 is 29.8 Å². The van der Waals surface area contributed by atoms with E-state index in [0.717, 1.165) is 16.2 Å². The van der Waals surface area contributed by atoms with Crippen LogP contribution in [0, 0.1) is 6.92 Å². The second-order valence-corrected chi connectivity index (χ2v) is 8.77. The van der Waals surface area contributed by atoms with E-state index in [9.17, 15) is 9.69 Å². The molecule has 150 valence electrons. The lowest BCUT2D eigenvalue weighted by atomic mass is 10.2. The third kappa shape index (κ3) is 6.30. The molecule has 2 unspecified atom stereocenters. The number of carbonyl (C=O) groups excluding carboxylic acids is 1. The van der Waals surface area contributed by atoms with Gasteiger partial charge in [0, 0.05) is 35.3 Å². The molecular formula is C14H22N4O6P2S. The predicted octanol–water partition coefficient (Wildman–Crippen LogP) is 1.92. The lowest BCUT2D eigenvalue weighted by molar-refractivity contribution is -0.118. The number of carbonyl (C=O) groups is 1. The van der Waals surface area contributed by atoms with Crippen molar-refractivity contribution in [1.29, 1.82) is 0 Å².